The van der Waals surface area contributed by atoms with Gasteiger partial charge in [0.2, 0.25) is 5.91 Å². The maximum atomic E-state index is 12.7. The molecule has 0 N–H and O–H groups in total. The minimum atomic E-state index is 0.219. The lowest BCUT2D eigenvalue weighted by Gasteiger charge is -2.17. The molecule has 0 spiro atoms. The van der Waals surface area contributed by atoms with E-state index in [4.69, 9.17) is 0 Å². The molecule has 1 amide bonds. The molecular formula is C20H21NO. The van der Waals surface area contributed by atoms with Crippen LogP contribution in [0.5, 0.6) is 0 Å². The summed E-state index contributed by atoms with van der Waals surface area (Å²) in [4.78, 5) is 14.8. The fourth-order valence-corrected chi connectivity index (χ4v) is 3.73. The summed E-state index contributed by atoms with van der Waals surface area (Å²) in [7, 11) is 0. The SMILES string of the molecule is O=C([C@@H]1C[C@@H]1c1ccccc1)N1CC[C@H](c2ccccc2)C1. The number of nitrogens with zero attached hydrogens (tertiary/aromatic N) is 1. The van der Waals surface area contributed by atoms with Crippen molar-refractivity contribution in [3.8, 4) is 0 Å². The van der Waals surface area contributed by atoms with Gasteiger partial charge in [0.25, 0.3) is 0 Å². The summed E-state index contributed by atoms with van der Waals surface area (Å²) < 4.78 is 0. The highest BCUT2D eigenvalue weighted by Gasteiger charge is 2.46. The largest absolute Gasteiger partial charge is 0.342 e. The molecule has 4 rings (SSSR count). The maximum Gasteiger partial charge on any atom is 0.226 e. The second-order valence-corrected chi connectivity index (χ2v) is 6.54. The Morgan fingerprint density at radius 1 is 0.909 bits per heavy atom. The summed E-state index contributed by atoms with van der Waals surface area (Å²) in [5.41, 5.74) is 2.69. The van der Waals surface area contributed by atoms with Gasteiger partial charge in [-0.25, -0.2) is 0 Å². The molecule has 0 radical (unpaired) electrons. The van der Waals surface area contributed by atoms with Crippen molar-refractivity contribution >= 4 is 5.91 Å². The molecule has 1 saturated carbocycles. The monoisotopic (exact) mass is 291 g/mol. The third-order valence-electron chi connectivity index (χ3n) is 5.11. The minimum absolute atomic E-state index is 0.219. The first-order chi connectivity index (χ1) is 10.8. The lowest BCUT2D eigenvalue weighted by Crippen LogP contribution is -2.30. The fourth-order valence-electron chi connectivity index (χ4n) is 3.73. The van der Waals surface area contributed by atoms with E-state index in [0.717, 1.165) is 25.9 Å². The van der Waals surface area contributed by atoms with Gasteiger partial charge in [-0.05, 0) is 29.9 Å². The number of hydrogen-bond acceptors (Lipinski definition) is 1. The molecule has 2 aromatic carbocycles. The predicted octanol–water partition coefficient (Wildman–Crippen LogP) is 3.81. The molecule has 1 saturated heterocycles. The first kappa shape index (κ1) is 13.6. The number of rotatable bonds is 3. The van der Waals surface area contributed by atoms with Crippen molar-refractivity contribution in [1.82, 2.24) is 4.90 Å². The van der Waals surface area contributed by atoms with Gasteiger partial charge in [0.1, 0.15) is 0 Å². The van der Waals surface area contributed by atoms with Gasteiger partial charge in [-0.15, -0.1) is 0 Å². The Kier molecular flexibility index (Phi) is 3.45. The first-order valence-electron chi connectivity index (χ1n) is 8.21. The van der Waals surface area contributed by atoms with Crippen molar-refractivity contribution in [1.29, 1.82) is 0 Å². The second kappa shape index (κ2) is 5.60. The van der Waals surface area contributed by atoms with E-state index in [0.29, 0.717) is 17.7 Å². The highest BCUT2D eigenvalue weighted by atomic mass is 16.2. The molecule has 1 aliphatic carbocycles. The third kappa shape index (κ3) is 2.54. The van der Waals surface area contributed by atoms with Crippen molar-refractivity contribution < 1.29 is 4.79 Å². The van der Waals surface area contributed by atoms with Crippen LogP contribution in [-0.4, -0.2) is 23.9 Å². The highest BCUT2D eigenvalue weighted by molar-refractivity contribution is 5.83. The zero-order valence-corrected chi connectivity index (χ0v) is 12.7. The summed E-state index contributed by atoms with van der Waals surface area (Å²) in [5.74, 6) is 1.55. The standard InChI is InChI=1S/C20H21NO/c22-20(19-13-18(19)16-9-5-2-6-10-16)21-12-11-17(14-21)15-7-3-1-4-8-15/h1-10,17-19H,11-14H2/t17-,18+,19+/m0/s1. The van der Waals surface area contributed by atoms with Crippen molar-refractivity contribution in [2.75, 3.05) is 13.1 Å². The molecule has 2 aliphatic rings. The normalized spacial score (nSPS) is 26.9. The Labute approximate surface area is 131 Å². The molecule has 1 aliphatic heterocycles. The molecule has 0 unspecified atom stereocenters. The summed E-state index contributed by atoms with van der Waals surface area (Å²) in [6.07, 6.45) is 2.12. The van der Waals surface area contributed by atoms with Crippen LogP contribution < -0.4 is 0 Å². The van der Waals surface area contributed by atoms with Gasteiger partial charge in [-0.2, -0.15) is 0 Å². The molecule has 112 valence electrons. The van der Waals surface area contributed by atoms with Crippen LogP contribution in [-0.2, 0) is 4.79 Å². The molecule has 0 aromatic heterocycles. The van der Waals surface area contributed by atoms with E-state index >= 15 is 0 Å². The number of benzene rings is 2. The molecular weight excluding hydrogens is 270 g/mol. The number of hydrogen-bond donors (Lipinski definition) is 0. The van der Waals surface area contributed by atoms with E-state index in [1.807, 2.05) is 6.07 Å². The Balaban J connectivity index is 1.39. The Bertz CT molecular complexity index is 652. The van der Waals surface area contributed by atoms with Gasteiger partial charge in [0.05, 0.1) is 0 Å². The summed E-state index contributed by atoms with van der Waals surface area (Å²) >= 11 is 0. The van der Waals surface area contributed by atoms with Crippen LogP contribution >= 0.6 is 0 Å². The van der Waals surface area contributed by atoms with Crippen LogP contribution in [0.25, 0.3) is 0 Å². The van der Waals surface area contributed by atoms with Crippen LogP contribution in [0, 0.1) is 5.92 Å². The van der Waals surface area contributed by atoms with Crippen molar-refractivity contribution in [2.45, 2.75) is 24.7 Å². The van der Waals surface area contributed by atoms with Crippen molar-refractivity contribution in [3.63, 3.8) is 0 Å². The van der Waals surface area contributed by atoms with Crippen LogP contribution in [0.15, 0.2) is 60.7 Å². The highest BCUT2D eigenvalue weighted by Crippen LogP contribution is 2.49. The maximum absolute atomic E-state index is 12.7. The zero-order valence-electron chi connectivity index (χ0n) is 12.7. The van der Waals surface area contributed by atoms with Gasteiger partial charge < -0.3 is 4.90 Å². The molecule has 2 fully saturated rings. The second-order valence-electron chi connectivity index (χ2n) is 6.54. The van der Waals surface area contributed by atoms with Crippen LogP contribution in [0.2, 0.25) is 0 Å². The summed E-state index contributed by atoms with van der Waals surface area (Å²) in [6.45, 7) is 1.80. The third-order valence-corrected chi connectivity index (χ3v) is 5.11. The number of carbonyl (C=O) groups is 1. The molecule has 22 heavy (non-hydrogen) atoms. The van der Waals surface area contributed by atoms with Gasteiger partial charge >= 0.3 is 0 Å². The number of carbonyl (C=O) groups excluding carboxylic acids is 1. The molecule has 2 aromatic rings. The summed E-state index contributed by atoms with van der Waals surface area (Å²) in [6, 6.07) is 21.1. The summed E-state index contributed by atoms with van der Waals surface area (Å²) in [5, 5.41) is 0. The average molecular weight is 291 g/mol. The Hall–Kier alpha value is -2.09. The van der Waals surface area contributed by atoms with E-state index < -0.39 is 0 Å². The van der Waals surface area contributed by atoms with E-state index in [1.54, 1.807) is 0 Å². The van der Waals surface area contributed by atoms with Gasteiger partial charge in [-0.3, -0.25) is 4.79 Å². The van der Waals surface area contributed by atoms with E-state index in [-0.39, 0.29) is 5.92 Å². The topological polar surface area (TPSA) is 20.3 Å². The Morgan fingerprint density at radius 3 is 2.23 bits per heavy atom. The molecule has 1 heterocycles. The lowest BCUT2D eigenvalue weighted by molar-refractivity contribution is -0.131. The van der Waals surface area contributed by atoms with Crippen LogP contribution in [0.4, 0.5) is 0 Å². The Morgan fingerprint density at radius 2 is 1.55 bits per heavy atom. The minimum Gasteiger partial charge on any atom is -0.342 e. The lowest BCUT2D eigenvalue weighted by atomic mass is 9.99. The van der Waals surface area contributed by atoms with Crippen molar-refractivity contribution in [2.24, 2.45) is 5.92 Å². The van der Waals surface area contributed by atoms with Crippen LogP contribution in [0.1, 0.15) is 35.8 Å². The molecule has 3 atom stereocenters. The van der Waals surface area contributed by atoms with Gasteiger partial charge in [0.15, 0.2) is 0 Å². The van der Waals surface area contributed by atoms with E-state index in [2.05, 4.69) is 59.5 Å². The first-order valence-corrected chi connectivity index (χ1v) is 8.21. The number of amides is 1. The average Bonchev–Trinajstić information content (AvgIpc) is 3.24. The molecule has 2 heteroatoms. The fraction of sp³-hybridized carbons (Fsp3) is 0.350. The quantitative estimate of drug-likeness (QED) is 0.842. The smallest absolute Gasteiger partial charge is 0.226 e. The molecule has 2 nitrogen and oxygen atoms in total. The van der Waals surface area contributed by atoms with Crippen LogP contribution in [0.3, 0.4) is 0 Å². The van der Waals surface area contributed by atoms with Crippen molar-refractivity contribution in [3.05, 3.63) is 71.8 Å². The zero-order chi connectivity index (χ0) is 14.9. The van der Waals surface area contributed by atoms with E-state index in [1.165, 1.54) is 11.1 Å². The molecule has 0 bridgehead atoms. The van der Waals surface area contributed by atoms with Gasteiger partial charge in [-0.1, -0.05) is 60.7 Å². The van der Waals surface area contributed by atoms with E-state index in [9.17, 15) is 4.79 Å². The number of likely N-dealkylation sites (tertiary alicyclic amines) is 1. The van der Waals surface area contributed by atoms with Gasteiger partial charge in [0, 0.05) is 24.9 Å². The predicted molar refractivity (Wildman–Crippen MR) is 87.7 cm³/mol.